The van der Waals surface area contributed by atoms with Gasteiger partial charge < -0.3 is 15.4 Å². The predicted molar refractivity (Wildman–Crippen MR) is 89.8 cm³/mol. The lowest BCUT2D eigenvalue weighted by Gasteiger charge is -2.13. The summed E-state index contributed by atoms with van der Waals surface area (Å²) in [6.45, 7) is 1.66. The average molecular weight is 366 g/mol. The van der Waals surface area contributed by atoms with Gasteiger partial charge in [-0.05, 0) is 25.1 Å². The number of hydrogen-bond acceptors (Lipinski definition) is 4. The summed E-state index contributed by atoms with van der Waals surface area (Å²) >= 11 is 0. The van der Waals surface area contributed by atoms with E-state index in [1.54, 1.807) is 12.2 Å². The van der Waals surface area contributed by atoms with E-state index in [0.29, 0.717) is 0 Å². The lowest BCUT2D eigenvalue weighted by molar-refractivity contribution is -0.682. The second-order valence-corrected chi connectivity index (χ2v) is 5.58. The third-order valence-corrected chi connectivity index (χ3v) is 3.78. The van der Waals surface area contributed by atoms with Crippen LogP contribution in [0.3, 0.4) is 0 Å². The van der Waals surface area contributed by atoms with Gasteiger partial charge in [0.2, 0.25) is 0 Å². The van der Waals surface area contributed by atoms with E-state index in [-0.39, 0.29) is 29.2 Å². The Morgan fingerprint density at radius 1 is 1.31 bits per heavy atom. The molecule has 0 fully saturated rings. The molecule has 138 valence electrons. The van der Waals surface area contributed by atoms with Gasteiger partial charge in [0.05, 0.1) is 23.8 Å². The molecule has 9 heteroatoms. The summed E-state index contributed by atoms with van der Waals surface area (Å²) in [7, 11) is 1.33. The first-order valence-corrected chi connectivity index (χ1v) is 7.72. The Labute approximate surface area is 148 Å². The van der Waals surface area contributed by atoms with Gasteiger partial charge in [0, 0.05) is 17.7 Å². The van der Waals surface area contributed by atoms with Gasteiger partial charge in [-0.3, -0.25) is 14.9 Å². The van der Waals surface area contributed by atoms with E-state index in [1.165, 1.54) is 31.4 Å². The van der Waals surface area contributed by atoms with Crippen LogP contribution >= 0.6 is 0 Å². The van der Waals surface area contributed by atoms with Gasteiger partial charge in [-0.25, -0.2) is 8.78 Å². The maximum atomic E-state index is 13.7. The van der Waals surface area contributed by atoms with Crippen molar-refractivity contribution in [1.82, 2.24) is 0 Å². The summed E-state index contributed by atoms with van der Waals surface area (Å²) in [5, 5.41) is 14.9. The van der Waals surface area contributed by atoms with Crippen molar-refractivity contribution in [3.05, 3.63) is 63.7 Å². The number of halogens is 2. The number of non-ortho nitro benzene ring substituents is 1. The van der Waals surface area contributed by atoms with Crippen LogP contribution in [-0.4, -0.2) is 24.5 Å². The Morgan fingerprint density at radius 2 is 2.04 bits per heavy atom. The number of carbonyl (C=O) groups is 1. The lowest BCUT2D eigenvalue weighted by Crippen LogP contribution is -2.86. The second kappa shape index (κ2) is 8.34. The van der Waals surface area contributed by atoms with Gasteiger partial charge in [0.15, 0.2) is 6.54 Å². The van der Waals surface area contributed by atoms with Gasteiger partial charge in [0.25, 0.3) is 11.6 Å². The van der Waals surface area contributed by atoms with E-state index in [4.69, 9.17) is 4.74 Å². The highest BCUT2D eigenvalue weighted by atomic mass is 19.1. The zero-order valence-corrected chi connectivity index (χ0v) is 14.2. The van der Waals surface area contributed by atoms with E-state index in [1.807, 2.05) is 0 Å². The number of nitrogens with zero attached hydrogens (tertiary/aromatic N) is 1. The van der Waals surface area contributed by atoms with Crippen LogP contribution in [0.1, 0.15) is 18.5 Å². The number of amides is 1. The molecule has 0 bridgehead atoms. The molecule has 1 atom stereocenters. The highest BCUT2D eigenvalue weighted by Gasteiger charge is 2.18. The minimum Gasteiger partial charge on any atom is -0.494 e. The van der Waals surface area contributed by atoms with Crippen molar-refractivity contribution in [3.63, 3.8) is 0 Å². The van der Waals surface area contributed by atoms with E-state index in [9.17, 15) is 23.7 Å². The maximum absolute atomic E-state index is 13.7. The predicted octanol–water partition coefficient (Wildman–Crippen LogP) is 2.14. The summed E-state index contributed by atoms with van der Waals surface area (Å²) < 4.78 is 31.7. The summed E-state index contributed by atoms with van der Waals surface area (Å²) in [5.74, 6) is -1.58. The lowest BCUT2D eigenvalue weighted by atomic mass is 10.1. The molecule has 26 heavy (non-hydrogen) atoms. The average Bonchev–Trinajstić information content (AvgIpc) is 2.59. The molecule has 0 aromatic heterocycles. The van der Waals surface area contributed by atoms with Crippen molar-refractivity contribution in [2.75, 3.05) is 19.0 Å². The van der Waals surface area contributed by atoms with Crippen LogP contribution < -0.4 is 15.4 Å². The van der Waals surface area contributed by atoms with E-state index in [0.717, 1.165) is 12.1 Å². The fraction of sp³-hybridized carbons (Fsp3) is 0.235. The molecule has 0 aliphatic carbocycles. The molecule has 0 aliphatic heterocycles. The number of benzene rings is 2. The van der Waals surface area contributed by atoms with E-state index in [2.05, 4.69) is 5.32 Å². The van der Waals surface area contributed by atoms with E-state index >= 15 is 0 Å². The number of rotatable bonds is 7. The molecule has 0 heterocycles. The Morgan fingerprint density at radius 3 is 2.65 bits per heavy atom. The number of ether oxygens (including phenoxy) is 1. The first-order valence-electron chi connectivity index (χ1n) is 7.72. The normalized spacial score (nSPS) is 11.7. The van der Waals surface area contributed by atoms with Crippen LogP contribution in [0.2, 0.25) is 0 Å². The third-order valence-electron chi connectivity index (χ3n) is 3.78. The molecule has 0 saturated carbocycles. The number of nitro groups is 1. The summed E-state index contributed by atoms with van der Waals surface area (Å²) in [6.07, 6.45) is 0. The van der Waals surface area contributed by atoms with Gasteiger partial charge in [-0.1, -0.05) is 0 Å². The number of methoxy groups -OCH3 is 1. The first-order chi connectivity index (χ1) is 12.3. The SMILES string of the molecule is COc1cc([N+](=O)[O-])ccc1NC(=O)C[NH2+][C@H](C)c1ccc(F)cc1F. The molecule has 7 nitrogen and oxygen atoms in total. The van der Waals surface area contributed by atoms with Crippen LogP contribution in [0.25, 0.3) is 0 Å². The zero-order chi connectivity index (χ0) is 19.3. The minimum absolute atomic E-state index is 0.0296. The van der Waals surface area contributed by atoms with Gasteiger partial charge in [0.1, 0.15) is 23.4 Å². The number of nitro benzene ring substituents is 1. The smallest absolute Gasteiger partial charge is 0.279 e. The molecule has 2 aromatic carbocycles. The summed E-state index contributed by atoms with van der Waals surface area (Å²) in [5.41, 5.74) is 0.413. The third kappa shape index (κ3) is 4.73. The maximum Gasteiger partial charge on any atom is 0.279 e. The van der Waals surface area contributed by atoms with Crippen molar-refractivity contribution in [3.8, 4) is 5.75 Å². The van der Waals surface area contributed by atoms with Crippen molar-refractivity contribution < 1.29 is 28.6 Å². The standard InChI is InChI=1S/C17H17F2N3O4/c1-10(13-5-3-11(18)7-14(13)19)20-9-17(23)21-15-6-4-12(22(24)25)8-16(15)26-2/h3-8,10,20H,9H2,1-2H3,(H,21,23)/p+1/t10-/m1/s1. The van der Waals surface area contributed by atoms with Gasteiger partial charge in [-0.2, -0.15) is 0 Å². The second-order valence-electron chi connectivity index (χ2n) is 5.58. The zero-order valence-electron chi connectivity index (χ0n) is 14.2. The Balaban J connectivity index is 1.99. The number of carbonyl (C=O) groups excluding carboxylic acids is 1. The van der Waals surface area contributed by atoms with Crippen molar-refractivity contribution in [2.24, 2.45) is 0 Å². The van der Waals surface area contributed by atoms with Crippen LogP contribution in [0.5, 0.6) is 5.75 Å². The molecule has 0 aliphatic rings. The molecule has 0 spiro atoms. The number of hydrogen-bond donors (Lipinski definition) is 2. The quantitative estimate of drug-likeness (QED) is 0.579. The molecule has 0 unspecified atom stereocenters. The highest BCUT2D eigenvalue weighted by Crippen LogP contribution is 2.28. The fourth-order valence-corrected chi connectivity index (χ4v) is 2.38. The molecule has 1 amide bonds. The highest BCUT2D eigenvalue weighted by molar-refractivity contribution is 5.93. The first kappa shape index (κ1) is 19.3. The van der Waals surface area contributed by atoms with Crippen LogP contribution in [0, 0.1) is 21.7 Å². The molecule has 0 saturated heterocycles. The molecule has 2 rings (SSSR count). The van der Waals surface area contributed by atoms with Crippen LogP contribution in [0.4, 0.5) is 20.2 Å². The number of nitrogens with two attached hydrogens (primary N) is 1. The van der Waals surface area contributed by atoms with Crippen molar-refractivity contribution in [2.45, 2.75) is 13.0 Å². The Bertz CT molecular complexity index is 830. The molecular formula is C17H18F2N3O4+. The molecule has 0 radical (unpaired) electrons. The van der Waals surface area contributed by atoms with Crippen molar-refractivity contribution in [1.29, 1.82) is 0 Å². The molecular weight excluding hydrogens is 348 g/mol. The van der Waals surface area contributed by atoms with Crippen LogP contribution in [0.15, 0.2) is 36.4 Å². The monoisotopic (exact) mass is 366 g/mol. The van der Waals surface area contributed by atoms with Gasteiger partial charge in [-0.15, -0.1) is 0 Å². The fourth-order valence-electron chi connectivity index (χ4n) is 2.38. The topological polar surface area (TPSA) is 98.1 Å². The number of anilines is 1. The molecule has 2 aromatic rings. The molecule has 3 N–H and O–H groups in total. The Kier molecular flexibility index (Phi) is 6.18. The Hall–Kier alpha value is -3.07. The number of quaternary nitrogens is 1. The summed E-state index contributed by atoms with van der Waals surface area (Å²) in [4.78, 5) is 22.3. The number of nitrogens with one attached hydrogen (secondary N) is 1. The van der Waals surface area contributed by atoms with Crippen LogP contribution in [-0.2, 0) is 4.79 Å². The summed E-state index contributed by atoms with van der Waals surface area (Å²) in [6, 6.07) is 6.71. The van der Waals surface area contributed by atoms with Gasteiger partial charge >= 0.3 is 0 Å². The van der Waals surface area contributed by atoms with E-state index < -0.39 is 28.5 Å². The minimum atomic E-state index is -0.675. The largest absolute Gasteiger partial charge is 0.494 e. The van der Waals surface area contributed by atoms with Crippen molar-refractivity contribution >= 4 is 17.3 Å².